The van der Waals surface area contributed by atoms with Crippen molar-refractivity contribution in [1.82, 2.24) is 5.32 Å². The molecule has 144 valence electrons. The van der Waals surface area contributed by atoms with Crippen molar-refractivity contribution < 1.29 is 19.0 Å². The third kappa shape index (κ3) is 4.26. The second-order valence-electron chi connectivity index (χ2n) is 6.16. The van der Waals surface area contributed by atoms with Crippen LogP contribution in [0.1, 0.15) is 15.9 Å². The van der Waals surface area contributed by atoms with Crippen LogP contribution in [-0.4, -0.2) is 27.2 Å². The first-order valence-electron chi connectivity index (χ1n) is 8.89. The first-order chi connectivity index (χ1) is 13.7. The molecule has 5 nitrogen and oxygen atoms in total. The van der Waals surface area contributed by atoms with Gasteiger partial charge in [-0.15, -0.1) is 0 Å². The van der Waals surface area contributed by atoms with E-state index < -0.39 is 0 Å². The van der Waals surface area contributed by atoms with E-state index in [2.05, 4.69) is 5.32 Å². The summed E-state index contributed by atoms with van der Waals surface area (Å²) in [5, 5.41) is 2.92. The molecule has 5 heteroatoms. The number of carbonyl (C=O) groups excluding carboxylic acids is 1. The maximum absolute atomic E-state index is 12.5. The minimum Gasteiger partial charge on any atom is -0.493 e. The minimum atomic E-state index is -0.145. The highest BCUT2D eigenvalue weighted by molar-refractivity contribution is 5.94. The van der Waals surface area contributed by atoms with Crippen molar-refractivity contribution in [2.45, 2.75) is 6.54 Å². The maximum Gasteiger partial charge on any atom is 0.251 e. The van der Waals surface area contributed by atoms with Crippen molar-refractivity contribution in [3.8, 4) is 28.4 Å². The van der Waals surface area contributed by atoms with E-state index >= 15 is 0 Å². The highest BCUT2D eigenvalue weighted by atomic mass is 16.5. The molecule has 1 N–H and O–H groups in total. The lowest BCUT2D eigenvalue weighted by Crippen LogP contribution is -2.22. The SMILES string of the molecule is COc1cc(CNC(=O)c2ccc(-c3ccccc3)cc2)cc(OC)c1OC. The summed E-state index contributed by atoms with van der Waals surface area (Å²) in [6, 6.07) is 21.2. The smallest absolute Gasteiger partial charge is 0.251 e. The van der Waals surface area contributed by atoms with Gasteiger partial charge < -0.3 is 19.5 Å². The van der Waals surface area contributed by atoms with Crippen LogP contribution in [0.5, 0.6) is 17.2 Å². The highest BCUT2D eigenvalue weighted by Crippen LogP contribution is 2.38. The average Bonchev–Trinajstić information content (AvgIpc) is 2.77. The first kappa shape index (κ1) is 19.3. The van der Waals surface area contributed by atoms with E-state index in [4.69, 9.17) is 14.2 Å². The number of ether oxygens (including phenoxy) is 3. The summed E-state index contributed by atoms with van der Waals surface area (Å²) in [5.74, 6) is 1.49. The van der Waals surface area contributed by atoms with Crippen molar-refractivity contribution in [1.29, 1.82) is 0 Å². The summed E-state index contributed by atoms with van der Waals surface area (Å²) in [6.45, 7) is 0.343. The van der Waals surface area contributed by atoms with Crippen LogP contribution in [0.15, 0.2) is 66.7 Å². The van der Waals surface area contributed by atoms with E-state index in [1.54, 1.807) is 21.3 Å². The molecule has 0 spiro atoms. The molecule has 0 aliphatic heterocycles. The summed E-state index contributed by atoms with van der Waals surface area (Å²) < 4.78 is 16.0. The molecule has 0 fully saturated rings. The number of methoxy groups -OCH3 is 3. The quantitative estimate of drug-likeness (QED) is 0.667. The molecule has 0 heterocycles. The fraction of sp³-hybridized carbons (Fsp3) is 0.174. The van der Waals surface area contributed by atoms with E-state index in [9.17, 15) is 4.79 Å². The summed E-state index contributed by atoms with van der Waals surface area (Å²) in [5.41, 5.74) is 3.64. The second-order valence-corrected chi connectivity index (χ2v) is 6.16. The average molecular weight is 377 g/mol. The molecule has 0 radical (unpaired) electrons. The molecule has 0 saturated heterocycles. The zero-order valence-electron chi connectivity index (χ0n) is 16.2. The van der Waals surface area contributed by atoms with Gasteiger partial charge in [0.15, 0.2) is 11.5 Å². The Morgan fingerprint density at radius 2 is 1.36 bits per heavy atom. The number of benzene rings is 3. The van der Waals surface area contributed by atoms with Crippen LogP contribution in [0.25, 0.3) is 11.1 Å². The van der Waals surface area contributed by atoms with Crippen LogP contribution < -0.4 is 19.5 Å². The van der Waals surface area contributed by atoms with E-state index in [1.165, 1.54) is 0 Å². The van der Waals surface area contributed by atoms with Gasteiger partial charge in [0.25, 0.3) is 5.91 Å². The Morgan fingerprint density at radius 1 is 0.786 bits per heavy atom. The molecule has 0 unspecified atom stereocenters. The number of amides is 1. The Kier molecular flexibility index (Phi) is 6.17. The van der Waals surface area contributed by atoms with Crippen LogP contribution in [0.3, 0.4) is 0 Å². The normalized spacial score (nSPS) is 10.2. The summed E-state index contributed by atoms with van der Waals surface area (Å²) >= 11 is 0. The molecular weight excluding hydrogens is 354 g/mol. The largest absolute Gasteiger partial charge is 0.493 e. The van der Waals surface area contributed by atoms with Gasteiger partial charge in [-0.2, -0.15) is 0 Å². The van der Waals surface area contributed by atoms with Crippen LogP contribution in [0.4, 0.5) is 0 Å². The summed E-state index contributed by atoms with van der Waals surface area (Å²) in [6.07, 6.45) is 0. The van der Waals surface area contributed by atoms with Crippen LogP contribution >= 0.6 is 0 Å². The Morgan fingerprint density at radius 3 is 1.89 bits per heavy atom. The van der Waals surface area contributed by atoms with Crippen molar-refractivity contribution in [3.05, 3.63) is 77.9 Å². The Bertz CT molecular complexity index is 912. The minimum absolute atomic E-state index is 0.145. The molecule has 0 bridgehead atoms. The Hall–Kier alpha value is -3.47. The Balaban J connectivity index is 1.70. The lowest BCUT2D eigenvalue weighted by atomic mass is 10.0. The van der Waals surface area contributed by atoms with Gasteiger partial charge in [0.05, 0.1) is 21.3 Å². The van der Waals surface area contributed by atoms with Crippen molar-refractivity contribution >= 4 is 5.91 Å². The van der Waals surface area contributed by atoms with Gasteiger partial charge in [0, 0.05) is 12.1 Å². The molecule has 28 heavy (non-hydrogen) atoms. The van der Waals surface area contributed by atoms with Crippen molar-refractivity contribution in [2.24, 2.45) is 0 Å². The molecule has 0 aliphatic rings. The van der Waals surface area contributed by atoms with E-state index in [0.29, 0.717) is 29.4 Å². The summed E-state index contributed by atoms with van der Waals surface area (Å²) in [4.78, 5) is 12.5. The maximum atomic E-state index is 12.5. The third-order valence-corrected chi connectivity index (χ3v) is 4.43. The van der Waals surface area contributed by atoms with Crippen LogP contribution in [0.2, 0.25) is 0 Å². The molecule has 1 amide bonds. The number of hydrogen-bond donors (Lipinski definition) is 1. The molecule has 3 rings (SSSR count). The van der Waals surface area contributed by atoms with Gasteiger partial charge in [-0.1, -0.05) is 42.5 Å². The van der Waals surface area contributed by atoms with E-state index in [-0.39, 0.29) is 5.91 Å². The van der Waals surface area contributed by atoms with Crippen molar-refractivity contribution in [2.75, 3.05) is 21.3 Å². The van der Waals surface area contributed by atoms with Gasteiger partial charge in [-0.05, 0) is 41.0 Å². The highest BCUT2D eigenvalue weighted by Gasteiger charge is 2.14. The lowest BCUT2D eigenvalue weighted by molar-refractivity contribution is 0.0951. The second kappa shape index (κ2) is 8.95. The van der Waals surface area contributed by atoms with Crippen molar-refractivity contribution in [3.63, 3.8) is 0 Å². The molecule has 0 aromatic heterocycles. The fourth-order valence-electron chi connectivity index (χ4n) is 2.97. The van der Waals surface area contributed by atoms with Gasteiger partial charge in [0.1, 0.15) is 0 Å². The van der Waals surface area contributed by atoms with Gasteiger partial charge in [-0.25, -0.2) is 0 Å². The molecule has 0 atom stereocenters. The van der Waals surface area contributed by atoms with Crippen LogP contribution in [0, 0.1) is 0 Å². The summed E-state index contributed by atoms with van der Waals surface area (Å²) in [7, 11) is 4.68. The van der Waals surface area contributed by atoms with E-state index in [1.807, 2.05) is 66.7 Å². The number of carbonyl (C=O) groups is 1. The number of rotatable bonds is 7. The number of hydrogen-bond acceptors (Lipinski definition) is 4. The third-order valence-electron chi connectivity index (χ3n) is 4.43. The zero-order valence-corrected chi connectivity index (χ0v) is 16.2. The van der Waals surface area contributed by atoms with E-state index in [0.717, 1.165) is 16.7 Å². The van der Waals surface area contributed by atoms with Gasteiger partial charge in [-0.3, -0.25) is 4.79 Å². The topological polar surface area (TPSA) is 56.8 Å². The Labute approximate surface area is 164 Å². The first-order valence-corrected chi connectivity index (χ1v) is 8.89. The standard InChI is InChI=1S/C23H23NO4/c1-26-20-13-16(14-21(27-2)22(20)28-3)15-24-23(25)19-11-9-18(10-12-19)17-7-5-4-6-8-17/h4-14H,15H2,1-3H3,(H,24,25). The molecule has 0 aliphatic carbocycles. The predicted octanol–water partition coefficient (Wildman–Crippen LogP) is 4.31. The predicted molar refractivity (Wildman–Crippen MR) is 109 cm³/mol. The fourth-order valence-corrected chi connectivity index (χ4v) is 2.97. The van der Waals surface area contributed by atoms with Gasteiger partial charge >= 0.3 is 0 Å². The molecule has 0 saturated carbocycles. The molecular formula is C23H23NO4. The molecule has 3 aromatic carbocycles. The molecule has 3 aromatic rings. The van der Waals surface area contributed by atoms with Crippen LogP contribution in [-0.2, 0) is 6.54 Å². The lowest BCUT2D eigenvalue weighted by Gasteiger charge is -2.14. The van der Waals surface area contributed by atoms with Gasteiger partial charge in [0.2, 0.25) is 5.75 Å². The monoisotopic (exact) mass is 377 g/mol. The number of nitrogens with one attached hydrogen (secondary N) is 1. The zero-order chi connectivity index (χ0) is 19.9.